The van der Waals surface area contributed by atoms with E-state index >= 15 is 0 Å². The summed E-state index contributed by atoms with van der Waals surface area (Å²) in [5.41, 5.74) is 0. The minimum atomic E-state index is -3.66. The Kier molecular flexibility index (Phi) is 9.81. The fourth-order valence-corrected chi connectivity index (χ4v) is 1.14. The van der Waals surface area contributed by atoms with Gasteiger partial charge in [-0.1, -0.05) is 0 Å². The lowest BCUT2D eigenvalue weighted by Crippen LogP contribution is -2.45. The summed E-state index contributed by atoms with van der Waals surface area (Å²) >= 11 is 0. The van der Waals surface area contributed by atoms with E-state index in [0.717, 1.165) is 14.2 Å². The van der Waals surface area contributed by atoms with Crippen molar-refractivity contribution in [3.63, 3.8) is 0 Å². The summed E-state index contributed by atoms with van der Waals surface area (Å²) in [5, 5.41) is 26.9. The van der Waals surface area contributed by atoms with Crippen LogP contribution in [0.15, 0.2) is 0 Å². The SMILES string of the molecule is CC(O)N(C(C)O)C(C)O.COS(=O)(=O)OC. The van der Waals surface area contributed by atoms with Crippen LogP contribution in [-0.2, 0) is 18.8 Å². The number of aliphatic hydroxyl groups excluding tert-OH is 3. The maximum atomic E-state index is 9.92. The molecule has 0 aliphatic heterocycles. The average molecular weight is 275 g/mol. The third-order valence-electron chi connectivity index (χ3n) is 1.70. The summed E-state index contributed by atoms with van der Waals surface area (Å²) in [4.78, 5) is 1.17. The Morgan fingerprint density at radius 2 is 1.12 bits per heavy atom. The van der Waals surface area contributed by atoms with E-state index in [1.165, 1.54) is 25.7 Å². The van der Waals surface area contributed by atoms with Crippen LogP contribution in [0.25, 0.3) is 0 Å². The summed E-state index contributed by atoms with van der Waals surface area (Å²) in [5.74, 6) is 0. The van der Waals surface area contributed by atoms with Gasteiger partial charge in [-0.05, 0) is 20.8 Å². The molecule has 0 spiro atoms. The van der Waals surface area contributed by atoms with Gasteiger partial charge in [0, 0.05) is 0 Å². The normalized spacial score (nSPS) is 17.0. The Bertz CT molecular complexity index is 247. The van der Waals surface area contributed by atoms with E-state index in [1.54, 1.807) is 0 Å². The van der Waals surface area contributed by atoms with Gasteiger partial charge in [-0.25, -0.2) is 4.90 Å². The molecule has 9 heteroatoms. The van der Waals surface area contributed by atoms with E-state index in [1.807, 2.05) is 0 Å². The molecule has 8 nitrogen and oxygen atoms in total. The second-order valence-electron chi connectivity index (χ2n) is 3.08. The van der Waals surface area contributed by atoms with Gasteiger partial charge in [-0.3, -0.25) is 8.37 Å². The van der Waals surface area contributed by atoms with Crippen molar-refractivity contribution < 1.29 is 32.1 Å². The lowest BCUT2D eigenvalue weighted by atomic mass is 10.4. The molecule has 17 heavy (non-hydrogen) atoms. The van der Waals surface area contributed by atoms with Crippen LogP contribution in [0.3, 0.4) is 0 Å². The van der Waals surface area contributed by atoms with Crippen molar-refractivity contribution in [3.05, 3.63) is 0 Å². The predicted molar refractivity (Wildman–Crippen MR) is 59.8 cm³/mol. The lowest BCUT2D eigenvalue weighted by Gasteiger charge is -2.30. The van der Waals surface area contributed by atoms with Crippen molar-refractivity contribution in [3.8, 4) is 0 Å². The first-order valence-electron chi connectivity index (χ1n) is 4.76. The minimum Gasteiger partial charge on any atom is -0.379 e. The molecule has 0 heterocycles. The van der Waals surface area contributed by atoms with Crippen LogP contribution in [0.1, 0.15) is 20.8 Å². The van der Waals surface area contributed by atoms with Crippen molar-refractivity contribution in [1.82, 2.24) is 4.90 Å². The molecule has 0 fully saturated rings. The number of nitrogens with zero attached hydrogens (tertiary/aromatic N) is 1. The fraction of sp³-hybridized carbons (Fsp3) is 1.00. The highest BCUT2D eigenvalue weighted by molar-refractivity contribution is 7.81. The van der Waals surface area contributed by atoms with E-state index in [2.05, 4.69) is 8.37 Å². The summed E-state index contributed by atoms with van der Waals surface area (Å²) in [6.07, 6.45) is -2.50. The van der Waals surface area contributed by atoms with Crippen LogP contribution in [0, 0.1) is 0 Å². The van der Waals surface area contributed by atoms with Gasteiger partial charge >= 0.3 is 10.4 Å². The quantitative estimate of drug-likeness (QED) is 0.537. The Hall–Kier alpha value is -0.290. The molecule has 106 valence electrons. The lowest BCUT2D eigenvalue weighted by molar-refractivity contribution is -0.159. The standard InChI is InChI=1S/C6H15NO3.C2H6O4S/c1-4(8)7(5(2)9)6(3)10;1-5-7(3,4)6-2/h4-6,8-10H,1-3H3;1-2H3. The molecule has 0 aromatic rings. The largest absolute Gasteiger partial charge is 0.399 e. The first-order chi connectivity index (χ1) is 7.59. The van der Waals surface area contributed by atoms with Crippen molar-refractivity contribution in [2.45, 2.75) is 39.5 Å². The summed E-state index contributed by atoms with van der Waals surface area (Å²) in [7, 11) is -1.60. The summed E-state index contributed by atoms with van der Waals surface area (Å²) < 4.78 is 27.5. The molecule has 0 bridgehead atoms. The molecule has 0 saturated carbocycles. The third-order valence-corrected chi connectivity index (χ3v) is 2.52. The zero-order valence-electron chi connectivity index (χ0n) is 10.6. The second kappa shape index (κ2) is 8.75. The van der Waals surface area contributed by atoms with Crippen LogP contribution >= 0.6 is 0 Å². The second-order valence-corrected chi connectivity index (χ2v) is 4.57. The van der Waals surface area contributed by atoms with Gasteiger partial charge < -0.3 is 15.3 Å². The summed E-state index contributed by atoms with van der Waals surface area (Å²) in [6.45, 7) is 4.46. The first kappa shape index (κ1) is 19.1. The van der Waals surface area contributed by atoms with Gasteiger partial charge in [0.05, 0.1) is 14.2 Å². The number of hydrogen-bond acceptors (Lipinski definition) is 8. The van der Waals surface area contributed by atoms with Crippen molar-refractivity contribution in [2.24, 2.45) is 0 Å². The van der Waals surface area contributed by atoms with Gasteiger partial charge in [-0.2, -0.15) is 8.42 Å². The maximum Gasteiger partial charge on any atom is 0.399 e. The number of rotatable bonds is 5. The van der Waals surface area contributed by atoms with E-state index in [4.69, 9.17) is 15.3 Å². The molecular formula is C8H21NO7S. The van der Waals surface area contributed by atoms with Crippen LogP contribution in [0.4, 0.5) is 0 Å². The monoisotopic (exact) mass is 275 g/mol. The van der Waals surface area contributed by atoms with Crippen molar-refractivity contribution >= 4 is 10.4 Å². The van der Waals surface area contributed by atoms with Crippen molar-refractivity contribution in [2.75, 3.05) is 14.2 Å². The number of hydrogen-bond donors (Lipinski definition) is 3. The molecule has 0 saturated heterocycles. The average Bonchev–Trinajstić information content (AvgIpc) is 2.16. The summed E-state index contributed by atoms with van der Waals surface area (Å²) in [6, 6.07) is 0. The van der Waals surface area contributed by atoms with E-state index in [-0.39, 0.29) is 0 Å². The third kappa shape index (κ3) is 9.41. The molecule has 0 aromatic heterocycles. The van der Waals surface area contributed by atoms with E-state index < -0.39 is 29.1 Å². The first-order valence-corrected chi connectivity index (χ1v) is 6.10. The zero-order chi connectivity index (χ0) is 14.2. The van der Waals surface area contributed by atoms with Crippen LogP contribution in [-0.4, -0.2) is 61.5 Å². The highest BCUT2D eigenvalue weighted by atomic mass is 32.3. The molecule has 3 atom stereocenters. The van der Waals surface area contributed by atoms with Crippen LogP contribution in [0.2, 0.25) is 0 Å². The molecule has 0 radical (unpaired) electrons. The smallest absolute Gasteiger partial charge is 0.379 e. The minimum absolute atomic E-state index is 0.833. The molecule has 0 aliphatic rings. The predicted octanol–water partition coefficient (Wildman–Crippen LogP) is -1.17. The zero-order valence-corrected chi connectivity index (χ0v) is 11.4. The maximum absolute atomic E-state index is 9.92. The van der Waals surface area contributed by atoms with Crippen molar-refractivity contribution in [1.29, 1.82) is 0 Å². The molecule has 3 unspecified atom stereocenters. The Balaban J connectivity index is 0. The van der Waals surface area contributed by atoms with Gasteiger partial charge in [-0.15, -0.1) is 0 Å². The van der Waals surface area contributed by atoms with E-state index in [0.29, 0.717) is 0 Å². The van der Waals surface area contributed by atoms with Gasteiger partial charge in [0.1, 0.15) is 18.7 Å². The highest BCUT2D eigenvalue weighted by Crippen LogP contribution is 2.04. The van der Waals surface area contributed by atoms with Crippen LogP contribution < -0.4 is 0 Å². The van der Waals surface area contributed by atoms with Crippen LogP contribution in [0.5, 0.6) is 0 Å². The molecule has 0 aliphatic carbocycles. The number of aliphatic hydroxyl groups is 3. The molecule has 0 rings (SSSR count). The molecule has 0 amide bonds. The molecular weight excluding hydrogens is 254 g/mol. The Morgan fingerprint density at radius 1 is 0.882 bits per heavy atom. The fourth-order valence-electron chi connectivity index (χ4n) is 1.00. The topological polar surface area (TPSA) is 117 Å². The molecule has 3 N–H and O–H groups in total. The van der Waals surface area contributed by atoms with E-state index in [9.17, 15) is 8.42 Å². The Morgan fingerprint density at radius 3 is 1.12 bits per heavy atom. The van der Waals surface area contributed by atoms with Gasteiger partial charge in [0.25, 0.3) is 0 Å². The highest BCUT2D eigenvalue weighted by Gasteiger charge is 2.20. The van der Waals surface area contributed by atoms with Gasteiger partial charge in [0.2, 0.25) is 0 Å². The van der Waals surface area contributed by atoms with Gasteiger partial charge in [0.15, 0.2) is 0 Å². The Labute approximate surface area is 102 Å². The molecule has 0 aromatic carbocycles.